The summed E-state index contributed by atoms with van der Waals surface area (Å²) in [5, 5.41) is 5.62. The van der Waals surface area contributed by atoms with Gasteiger partial charge in [0.15, 0.2) is 0 Å². The molecule has 146 valence electrons. The second-order valence-corrected chi connectivity index (χ2v) is 7.45. The topological polar surface area (TPSA) is 44.4 Å². The van der Waals surface area contributed by atoms with E-state index in [4.69, 9.17) is 0 Å². The van der Waals surface area contributed by atoms with Crippen LogP contribution in [0.4, 0.5) is 13.2 Å². The molecule has 2 aliphatic rings. The fourth-order valence-electron chi connectivity index (χ4n) is 3.38. The lowest BCUT2D eigenvalue weighted by molar-refractivity contribution is -0.184. The third kappa shape index (κ3) is 5.06. The van der Waals surface area contributed by atoms with E-state index in [-0.39, 0.29) is 24.2 Å². The first-order valence-corrected chi connectivity index (χ1v) is 9.46. The quantitative estimate of drug-likeness (QED) is 0.802. The van der Waals surface area contributed by atoms with Crippen LogP contribution in [0.15, 0.2) is 29.2 Å². The van der Waals surface area contributed by atoms with Gasteiger partial charge < -0.3 is 10.6 Å². The minimum absolute atomic E-state index is 0. The second kappa shape index (κ2) is 9.30. The van der Waals surface area contributed by atoms with Crippen LogP contribution in [0.25, 0.3) is 0 Å². The van der Waals surface area contributed by atoms with Crippen LogP contribution in [-0.4, -0.2) is 61.5 Å². The van der Waals surface area contributed by atoms with E-state index in [1.54, 1.807) is 11.8 Å². The van der Waals surface area contributed by atoms with Gasteiger partial charge in [0.2, 0.25) is 5.91 Å². The third-order valence-corrected chi connectivity index (χ3v) is 5.84. The molecule has 2 unspecified atom stereocenters. The van der Waals surface area contributed by atoms with E-state index in [2.05, 4.69) is 10.6 Å². The molecule has 1 saturated heterocycles. The molecule has 3 rings (SSSR count). The van der Waals surface area contributed by atoms with Gasteiger partial charge in [0, 0.05) is 37.6 Å². The Morgan fingerprint density at radius 1 is 1.31 bits per heavy atom. The molecule has 4 nitrogen and oxygen atoms in total. The summed E-state index contributed by atoms with van der Waals surface area (Å²) in [7, 11) is 0. The molecular formula is C17H23ClF3N3OS. The van der Waals surface area contributed by atoms with Crippen molar-refractivity contribution in [2.24, 2.45) is 0 Å². The van der Waals surface area contributed by atoms with Crippen molar-refractivity contribution in [3.8, 4) is 0 Å². The summed E-state index contributed by atoms with van der Waals surface area (Å²) in [6.45, 7) is 1.35. The SMILES string of the molecule is Cl.O=C(NCC(N1CCNCC1)C(F)(F)F)C1CCSc2ccccc21. The highest BCUT2D eigenvalue weighted by molar-refractivity contribution is 7.99. The Morgan fingerprint density at radius 2 is 2.00 bits per heavy atom. The van der Waals surface area contributed by atoms with Crippen molar-refractivity contribution in [3.63, 3.8) is 0 Å². The zero-order chi connectivity index (χ0) is 17.9. The molecule has 1 amide bonds. The summed E-state index contributed by atoms with van der Waals surface area (Å²) in [6.07, 6.45) is -3.71. The van der Waals surface area contributed by atoms with Crippen molar-refractivity contribution < 1.29 is 18.0 Å². The van der Waals surface area contributed by atoms with Gasteiger partial charge in [0.25, 0.3) is 0 Å². The highest BCUT2D eigenvalue weighted by Crippen LogP contribution is 2.37. The lowest BCUT2D eigenvalue weighted by Gasteiger charge is -2.36. The number of hydrogen-bond donors (Lipinski definition) is 2. The molecule has 2 aliphatic heterocycles. The summed E-state index contributed by atoms with van der Waals surface area (Å²) >= 11 is 1.69. The second-order valence-electron chi connectivity index (χ2n) is 6.32. The van der Waals surface area contributed by atoms with Gasteiger partial charge >= 0.3 is 6.18 Å². The smallest absolute Gasteiger partial charge is 0.354 e. The maximum absolute atomic E-state index is 13.4. The first-order chi connectivity index (χ1) is 12.0. The van der Waals surface area contributed by atoms with Crippen LogP contribution in [0.1, 0.15) is 17.9 Å². The summed E-state index contributed by atoms with van der Waals surface area (Å²) < 4.78 is 40.3. The number of benzene rings is 1. The summed E-state index contributed by atoms with van der Waals surface area (Å²) in [6, 6.07) is 5.99. The lowest BCUT2D eigenvalue weighted by Crippen LogP contribution is -2.57. The van der Waals surface area contributed by atoms with Crippen molar-refractivity contribution in [3.05, 3.63) is 29.8 Å². The van der Waals surface area contributed by atoms with Gasteiger partial charge in [-0.2, -0.15) is 13.2 Å². The number of nitrogens with zero attached hydrogens (tertiary/aromatic N) is 1. The first-order valence-electron chi connectivity index (χ1n) is 8.48. The minimum atomic E-state index is -4.36. The van der Waals surface area contributed by atoms with Gasteiger partial charge in [0.05, 0.1) is 5.92 Å². The number of halogens is 4. The Hall–Kier alpha value is -0.960. The number of rotatable bonds is 4. The Kier molecular flexibility index (Phi) is 7.63. The lowest BCUT2D eigenvalue weighted by atomic mass is 9.95. The normalized spacial score (nSPS) is 22.0. The summed E-state index contributed by atoms with van der Waals surface area (Å²) in [5.74, 6) is 0.127. The molecule has 1 aromatic carbocycles. The number of nitrogens with one attached hydrogen (secondary N) is 2. The number of thioether (sulfide) groups is 1. The van der Waals surface area contributed by atoms with E-state index in [1.807, 2.05) is 24.3 Å². The molecule has 0 aromatic heterocycles. The fourth-order valence-corrected chi connectivity index (χ4v) is 4.51. The van der Waals surface area contributed by atoms with E-state index >= 15 is 0 Å². The van der Waals surface area contributed by atoms with E-state index in [9.17, 15) is 18.0 Å². The maximum atomic E-state index is 13.4. The maximum Gasteiger partial charge on any atom is 0.405 e. The van der Waals surface area contributed by atoms with Crippen LogP contribution in [0.3, 0.4) is 0 Å². The zero-order valence-electron chi connectivity index (χ0n) is 14.2. The zero-order valence-corrected chi connectivity index (χ0v) is 15.9. The molecule has 2 heterocycles. The van der Waals surface area contributed by atoms with Crippen molar-refractivity contribution in [2.75, 3.05) is 38.5 Å². The van der Waals surface area contributed by atoms with Gasteiger partial charge in [-0.3, -0.25) is 9.69 Å². The van der Waals surface area contributed by atoms with E-state index in [0.29, 0.717) is 32.6 Å². The predicted octanol–water partition coefficient (Wildman–Crippen LogP) is 2.64. The third-order valence-electron chi connectivity index (χ3n) is 4.71. The van der Waals surface area contributed by atoms with Crippen LogP contribution in [0, 0.1) is 0 Å². The van der Waals surface area contributed by atoms with Gasteiger partial charge in [-0.25, -0.2) is 0 Å². The highest BCUT2D eigenvalue weighted by Gasteiger charge is 2.44. The van der Waals surface area contributed by atoms with Gasteiger partial charge in [-0.05, 0) is 23.8 Å². The Labute approximate surface area is 161 Å². The van der Waals surface area contributed by atoms with Crippen molar-refractivity contribution >= 4 is 30.1 Å². The molecule has 0 aliphatic carbocycles. The molecule has 2 N–H and O–H groups in total. The average Bonchev–Trinajstić information content (AvgIpc) is 2.61. The number of amides is 1. The highest BCUT2D eigenvalue weighted by atomic mass is 35.5. The van der Waals surface area contributed by atoms with E-state index < -0.39 is 18.8 Å². The number of carbonyl (C=O) groups excluding carboxylic acids is 1. The average molecular weight is 410 g/mol. The molecule has 9 heteroatoms. The van der Waals surface area contributed by atoms with Crippen LogP contribution >= 0.6 is 24.2 Å². The number of carbonyl (C=O) groups is 1. The van der Waals surface area contributed by atoms with Gasteiger partial charge in [-0.15, -0.1) is 24.2 Å². The molecule has 0 spiro atoms. The molecule has 1 aromatic rings. The van der Waals surface area contributed by atoms with E-state index in [0.717, 1.165) is 16.2 Å². The van der Waals surface area contributed by atoms with Crippen LogP contribution in [0.2, 0.25) is 0 Å². The molecule has 0 bridgehead atoms. The largest absolute Gasteiger partial charge is 0.405 e. The summed E-state index contributed by atoms with van der Waals surface area (Å²) in [5.41, 5.74) is 0.919. The van der Waals surface area contributed by atoms with Crippen molar-refractivity contribution in [1.82, 2.24) is 15.5 Å². The minimum Gasteiger partial charge on any atom is -0.354 e. The van der Waals surface area contributed by atoms with Crippen molar-refractivity contribution in [1.29, 1.82) is 0 Å². The Balaban J connectivity index is 0.00000243. The number of piperazine rings is 1. The van der Waals surface area contributed by atoms with Gasteiger partial charge in [0.1, 0.15) is 6.04 Å². The standard InChI is InChI=1S/C17H22F3N3OS.ClH/c18-17(19,20)15(23-8-6-21-7-9-23)11-22-16(24)13-5-10-25-14-4-2-1-3-12(13)14;/h1-4,13,15,21H,5-11H2,(H,22,24);1H. The van der Waals surface area contributed by atoms with Gasteiger partial charge in [-0.1, -0.05) is 18.2 Å². The Morgan fingerprint density at radius 3 is 2.69 bits per heavy atom. The van der Waals surface area contributed by atoms with Crippen molar-refractivity contribution in [2.45, 2.75) is 29.5 Å². The Bertz CT molecular complexity index is 611. The number of hydrogen-bond acceptors (Lipinski definition) is 4. The summed E-state index contributed by atoms with van der Waals surface area (Å²) in [4.78, 5) is 15.0. The van der Waals surface area contributed by atoms with Crippen LogP contribution in [0.5, 0.6) is 0 Å². The van der Waals surface area contributed by atoms with E-state index in [1.165, 1.54) is 4.90 Å². The fraction of sp³-hybridized carbons (Fsp3) is 0.588. The monoisotopic (exact) mass is 409 g/mol. The number of fused-ring (bicyclic) bond motifs is 1. The molecule has 2 atom stereocenters. The first kappa shape index (κ1) is 21.3. The van der Waals surface area contributed by atoms with Crippen LogP contribution < -0.4 is 10.6 Å². The molecule has 0 saturated carbocycles. The molecule has 0 radical (unpaired) electrons. The molecule has 26 heavy (non-hydrogen) atoms. The predicted molar refractivity (Wildman–Crippen MR) is 99.1 cm³/mol. The number of alkyl halides is 3. The van der Waals surface area contributed by atoms with Crippen LogP contribution in [-0.2, 0) is 4.79 Å². The molecular weight excluding hydrogens is 387 g/mol. The molecule has 1 fully saturated rings.